The molecule has 1 saturated heterocycles. The van der Waals surface area contributed by atoms with Gasteiger partial charge in [0.05, 0.1) is 6.10 Å². The third kappa shape index (κ3) is 4.56. The van der Waals surface area contributed by atoms with Gasteiger partial charge in [-0.1, -0.05) is 6.92 Å². The second kappa shape index (κ2) is 8.17. The lowest BCUT2D eigenvalue weighted by atomic mass is 10.2. The van der Waals surface area contributed by atoms with Crippen LogP contribution in [0.5, 0.6) is 0 Å². The number of rotatable bonds is 8. The van der Waals surface area contributed by atoms with E-state index in [1.165, 1.54) is 12.8 Å². The fourth-order valence-electron chi connectivity index (χ4n) is 2.63. The number of aryl methyl sites for hydroxylation is 1. The van der Waals surface area contributed by atoms with Gasteiger partial charge in [0.25, 0.3) is 0 Å². The Morgan fingerprint density at radius 2 is 1.95 bits per heavy atom. The van der Waals surface area contributed by atoms with Gasteiger partial charge in [0, 0.05) is 31.7 Å². The van der Waals surface area contributed by atoms with Crippen LogP contribution in [0.2, 0.25) is 0 Å². The molecule has 1 atom stereocenters. The Kier molecular flexibility index (Phi) is 6.23. The minimum absolute atomic E-state index is 0.419. The molecule has 1 unspecified atom stereocenters. The van der Waals surface area contributed by atoms with E-state index >= 15 is 0 Å². The van der Waals surface area contributed by atoms with Gasteiger partial charge in [-0.25, -0.2) is 9.97 Å². The second-order valence-corrected chi connectivity index (χ2v) is 5.59. The molecule has 1 aromatic heterocycles. The van der Waals surface area contributed by atoms with Crippen LogP contribution < -0.4 is 10.6 Å². The van der Waals surface area contributed by atoms with Gasteiger partial charge in [-0.15, -0.1) is 0 Å². The van der Waals surface area contributed by atoms with Crippen molar-refractivity contribution < 1.29 is 4.74 Å². The molecule has 0 spiro atoms. The first-order chi connectivity index (χ1) is 10.2. The van der Waals surface area contributed by atoms with Crippen molar-refractivity contribution in [3.63, 3.8) is 0 Å². The number of ether oxygens (including phenoxy) is 1. The van der Waals surface area contributed by atoms with Crippen LogP contribution in [0.4, 0.5) is 11.6 Å². The Hall–Kier alpha value is -1.36. The fourth-order valence-corrected chi connectivity index (χ4v) is 2.63. The summed E-state index contributed by atoms with van der Waals surface area (Å²) in [5.74, 6) is 2.83. The molecular formula is C16H28N4O. The molecule has 0 aliphatic carbocycles. The van der Waals surface area contributed by atoms with Crippen LogP contribution >= 0.6 is 0 Å². The molecule has 0 radical (unpaired) electrons. The summed E-state index contributed by atoms with van der Waals surface area (Å²) in [7, 11) is 0. The van der Waals surface area contributed by atoms with Crippen LogP contribution in [0, 0.1) is 6.92 Å². The van der Waals surface area contributed by atoms with Crippen molar-refractivity contribution in [3.05, 3.63) is 11.4 Å². The number of hydrogen-bond acceptors (Lipinski definition) is 5. The Labute approximate surface area is 127 Å². The average Bonchev–Trinajstić information content (AvgIpc) is 2.97. The van der Waals surface area contributed by atoms with E-state index in [1.807, 2.05) is 0 Å². The van der Waals surface area contributed by atoms with Gasteiger partial charge < -0.3 is 15.4 Å². The van der Waals surface area contributed by atoms with E-state index in [-0.39, 0.29) is 0 Å². The van der Waals surface area contributed by atoms with Crippen LogP contribution in [0.15, 0.2) is 0 Å². The van der Waals surface area contributed by atoms with Crippen molar-refractivity contribution in [1.29, 1.82) is 0 Å². The van der Waals surface area contributed by atoms with E-state index in [1.54, 1.807) is 0 Å². The van der Waals surface area contributed by atoms with E-state index < -0.39 is 0 Å². The zero-order valence-electron chi connectivity index (χ0n) is 13.5. The maximum Gasteiger partial charge on any atom is 0.134 e. The van der Waals surface area contributed by atoms with Crippen LogP contribution in [0.1, 0.15) is 50.9 Å². The third-order valence-electron chi connectivity index (χ3n) is 3.79. The highest BCUT2D eigenvalue weighted by Gasteiger charge is 2.15. The van der Waals surface area contributed by atoms with E-state index in [9.17, 15) is 0 Å². The first kappa shape index (κ1) is 16.0. The summed E-state index contributed by atoms with van der Waals surface area (Å²) < 4.78 is 5.66. The molecule has 21 heavy (non-hydrogen) atoms. The van der Waals surface area contributed by atoms with Crippen molar-refractivity contribution in [2.45, 2.75) is 59.0 Å². The van der Waals surface area contributed by atoms with Crippen molar-refractivity contribution in [2.24, 2.45) is 0 Å². The number of nitrogens with one attached hydrogen (secondary N) is 2. The molecule has 118 valence electrons. The van der Waals surface area contributed by atoms with Gasteiger partial charge in [0.15, 0.2) is 0 Å². The molecule has 0 bridgehead atoms. The van der Waals surface area contributed by atoms with Crippen LogP contribution in [0.25, 0.3) is 0 Å². The summed E-state index contributed by atoms with van der Waals surface area (Å²) in [5, 5.41) is 6.80. The standard InChI is InChI=1S/C16H28N4O/c1-4-7-14-19-15(17-5-2)12(3)16(20-14)18-10-9-13-8-6-11-21-13/h13H,4-11H2,1-3H3,(H2,17,18,19,20). The molecular weight excluding hydrogens is 264 g/mol. The predicted molar refractivity (Wildman–Crippen MR) is 87.0 cm³/mol. The molecule has 0 aromatic carbocycles. The third-order valence-corrected chi connectivity index (χ3v) is 3.79. The molecule has 0 amide bonds. The Morgan fingerprint density at radius 1 is 1.19 bits per heavy atom. The number of aromatic nitrogens is 2. The monoisotopic (exact) mass is 292 g/mol. The van der Waals surface area contributed by atoms with Gasteiger partial charge in [0.2, 0.25) is 0 Å². The Balaban J connectivity index is 2.01. The SMILES string of the molecule is CCCc1nc(NCC)c(C)c(NCCC2CCCO2)n1. The second-order valence-electron chi connectivity index (χ2n) is 5.59. The molecule has 2 N–H and O–H groups in total. The van der Waals surface area contributed by atoms with Crippen molar-refractivity contribution >= 4 is 11.6 Å². The molecule has 1 aliphatic rings. The van der Waals surface area contributed by atoms with Crippen LogP contribution in [0.3, 0.4) is 0 Å². The Morgan fingerprint density at radius 3 is 2.57 bits per heavy atom. The first-order valence-electron chi connectivity index (χ1n) is 8.21. The number of anilines is 2. The molecule has 2 rings (SSSR count). The maximum absolute atomic E-state index is 5.66. The summed E-state index contributed by atoms with van der Waals surface area (Å²) in [6, 6.07) is 0. The van der Waals surface area contributed by atoms with E-state index in [4.69, 9.17) is 4.74 Å². The van der Waals surface area contributed by atoms with Crippen molar-refractivity contribution in [2.75, 3.05) is 30.3 Å². The van der Waals surface area contributed by atoms with Gasteiger partial charge in [0.1, 0.15) is 17.5 Å². The quantitative estimate of drug-likeness (QED) is 0.771. The molecule has 2 heterocycles. The predicted octanol–water partition coefficient (Wildman–Crippen LogP) is 3.15. The minimum atomic E-state index is 0.419. The molecule has 0 saturated carbocycles. The molecule has 5 nitrogen and oxygen atoms in total. The van der Waals surface area contributed by atoms with Crippen LogP contribution in [-0.2, 0) is 11.2 Å². The molecule has 5 heteroatoms. The zero-order chi connectivity index (χ0) is 15.1. The van der Waals surface area contributed by atoms with Crippen molar-refractivity contribution in [3.8, 4) is 0 Å². The van der Waals surface area contributed by atoms with Gasteiger partial charge in [-0.2, -0.15) is 0 Å². The van der Waals surface area contributed by atoms with Gasteiger partial charge in [-0.05, 0) is 39.5 Å². The van der Waals surface area contributed by atoms with Crippen molar-refractivity contribution in [1.82, 2.24) is 9.97 Å². The number of nitrogens with zero attached hydrogens (tertiary/aromatic N) is 2. The van der Waals surface area contributed by atoms with E-state index in [2.05, 4.69) is 41.4 Å². The minimum Gasteiger partial charge on any atom is -0.378 e. The summed E-state index contributed by atoms with van der Waals surface area (Å²) in [6.07, 6.45) is 5.82. The Bertz CT molecular complexity index is 444. The lowest BCUT2D eigenvalue weighted by molar-refractivity contribution is 0.107. The lowest BCUT2D eigenvalue weighted by Gasteiger charge is -2.15. The van der Waals surface area contributed by atoms with Crippen LogP contribution in [-0.4, -0.2) is 35.8 Å². The average molecular weight is 292 g/mol. The summed E-state index contributed by atoms with van der Waals surface area (Å²) >= 11 is 0. The lowest BCUT2D eigenvalue weighted by Crippen LogP contribution is -2.15. The smallest absolute Gasteiger partial charge is 0.134 e. The first-order valence-corrected chi connectivity index (χ1v) is 8.21. The highest BCUT2D eigenvalue weighted by atomic mass is 16.5. The van der Waals surface area contributed by atoms with E-state index in [0.29, 0.717) is 6.10 Å². The molecule has 1 aliphatic heterocycles. The largest absolute Gasteiger partial charge is 0.378 e. The van der Waals surface area contributed by atoms with Gasteiger partial charge in [-0.3, -0.25) is 0 Å². The highest BCUT2D eigenvalue weighted by Crippen LogP contribution is 2.21. The van der Waals surface area contributed by atoms with E-state index in [0.717, 1.165) is 62.0 Å². The van der Waals surface area contributed by atoms with Gasteiger partial charge >= 0.3 is 0 Å². The maximum atomic E-state index is 5.66. The fraction of sp³-hybridized carbons (Fsp3) is 0.750. The normalized spacial score (nSPS) is 18.0. The molecule has 1 aromatic rings. The summed E-state index contributed by atoms with van der Waals surface area (Å²) in [4.78, 5) is 9.28. The number of hydrogen-bond donors (Lipinski definition) is 2. The summed E-state index contributed by atoms with van der Waals surface area (Å²) in [5.41, 5.74) is 1.10. The topological polar surface area (TPSA) is 59.1 Å². The zero-order valence-corrected chi connectivity index (χ0v) is 13.5. The molecule has 1 fully saturated rings. The summed E-state index contributed by atoms with van der Waals surface area (Å²) in [6.45, 7) is 9.01. The highest BCUT2D eigenvalue weighted by molar-refractivity contribution is 5.57.